The lowest BCUT2D eigenvalue weighted by Gasteiger charge is -2.31. The maximum absolute atomic E-state index is 12.5. The van der Waals surface area contributed by atoms with E-state index < -0.39 is 11.9 Å². The van der Waals surface area contributed by atoms with Crippen LogP contribution < -0.4 is 0 Å². The molecule has 8 nitrogen and oxygen atoms in total. The van der Waals surface area contributed by atoms with Gasteiger partial charge in [0.2, 0.25) is 0 Å². The topological polar surface area (TPSA) is 105 Å². The van der Waals surface area contributed by atoms with Gasteiger partial charge >= 0.3 is 23.9 Å². The zero-order valence-electron chi connectivity index (χ0n) is 24.9. The lowest BCUT2D eigenvalue weighted by molar-refractivity contribution is -0.156. The van der Waals surface area contributed by atoms with Gasteiger partial charge in [-0.2, -0.15) is 0 Å². The molecule has 0 amide bonds. The maximum atomic E-state index is 12.5. The molecular formula is C34H46O8. The fourth-order valence-electron chi connectivity index (χ4n) is 10.5. The Morgan fingerprint density at radius 2 is 1.10 bits per heavy atom. The van der Waals surface area contributed by atoms with E-state index in [0.29, 0.717) is 103 Å². The molecule has 0 aromatic heterocycles. The van der Waals surface area contributed by atoms with Gasteiger partial charge in [0.05, 0.1) is 26.4 Å². The standard InChI is InChI=1S/C34H46O8/c1-4-31(35)39-14-19-5-25-21-9-23(27(11-21)29(25)7-19)16-41-33(37)13-32(36)40-15-20-6-26-22-10-24(17-42-34(38)18(2)3)28(12-22)30(26)8-20/h4,19-30H,1-2,5-17H2,3H3/t19?,20?,21?,22?,23?,24?,25-,26-,27?,28?,29?,30?/m1/s1. The van der Waals surface area contributed by atoms with Gasteiger partial charge in [-0.3, -0.25) is 9.59 Å². The van der Waals surface area contributed by atoms with E-state index in [-0.39, 0.29) is 18.4 Å². The summed E-state index contributed by atoms with van der Waals surface area (Å²) in [4.78, 5) is 48.2. The number of ether oxygens (including phenoxy) is 4. The van der Waals surface area contributed by atoms with Crippen LogP contribution in [0.4, 0.5) is 0 Å². The van der Waals surface area contributed by atoms with Crippen LogP contribution in [0.15, 0.2) is 24.8 Å². The van der Waals surface area contributed by atoms with Gasteiger partial charge < -0.3 is 18.9 Å². The summed E-state index contributed by atoms with van der Waals surface area (Å²) in [6.07, 6.45) is 9.80. The second-order valence-corrected chi connectivity index (χ2v) is 14.4. The minimum absolute atomic E-state index is 0.305. The molecule has 12 atom stereocenters. The molecule has 0 spiro atoms. The highest BCUT2D eigenvalue weighted by Crippen LogP contribution is 2.63. The minimum Gasteiger partial charge on any atom is -0.465 e. The quantitative estimate of drug-likeness (QED) is 0.138. The van der Waals surface area contributed by atoms with Gasteiger partial charge in [-0.15, -0.1) is 0 Å². The van der Waals surface area contributed by atoms with Crippen LogP contribution in [0.2, 0.25) is 0 Å². The molecule has 6 fully saturated rings. The second kappa shape index (κ2) is 12.2. The molecule has 6 rings (SSSR count). The van der Waals surface area contributed by atoms with Crippen molar-refractivity contribution in [3.05, 3.63) is 24.8 Å². The molecule has 42 heavy (non-hydrogen) atoms. The molecular weight excluding hydrogens is 536 g/mol. The summed E-state index contributed by atoms with van der Waals surface area (Å²) in [5.74, 6) is 4.95. The van der Waals surface area contributed by atoms with Gasteiger partial charge in [0.25, 0.3) is 0 Å². The lowest BCUT2D eigenvalue weighted by Crippen LogP contribution is -2.28. The molecule has 6 aliphatic rings. The first-order valence-corrected chi connectivity index (χ1v) is 16.1. The number of carbonyl (C=O) groups is 4. The average Bonchev–Trinajstić information content (AvgIpc) is 3.79. The summed E-state index contributed by atoms with van der Waals surface area (Å²) in [5.41, 5.74) is 0.440. The third-order valence-corrected chi connectivity index (χ3v) is 12.0. The largest absolute Gasteiger partial charge is 0.465 e. The summed E-state index contributed by atoms with van der Waals surface area (Å²) >= 11 is 0. The zero-order valence-corrected chi connectivity index (χ0v) is 24.9. The molecule has 8 heteroatoms. The Labute approximate surface area is 248 Å². The highest BCUT2D eigenvalue weighted by atomic mass is 16.6. The minimum atomic E-state index is -0.495. The van der Waals surface area contributed by atoms with E-state index in [4.69, 9.17) is 18.9 Å². The molecule has 6 saturated carbocycles. The Morgan fingerprint density at radius 1 is 0.619 bits per heavy atom. The summed E-state index contributed by atoms with van der Waals surface area (Å²) in [5, 5.41) is 0. The molecule has 0 N–H and O–H groups in total. The number of hydrogen-bond donors (Lipinski definition) is 0. The zero-order chi connectivity index (χ0) is 29.5. The number of carbonyl (C=O) groups excluding carboxylic acids is 4. The fourth-order valence-corrected chi connectivity index (χ4v) is 10.5. The van der Waals surface area contributed by atoms with Crippen LogP contribution in [-0.4, -0.2) is 50.3 Å². The summed E-state index contributed by atoms with van der Waals surface area (Å²) in [6.45, 7) is 10.5. The van der Waals surface area contributed by atoms with E-state index >= 15 is 0 Å². The van der Waals surface area contributed by atoms with E-state index in [0.717, 1.165) is 38.5 Å². The smallest absolute Gasteiger partial charge is 0.333 e. The Kier molecular flexibility index (Phi) is 8.52. The number of esters is 4. The number of fused-ring (bicyclic) bond motifs is 10. The van der Waals surface area contributed by atoms with E-state index in [1.807, 2.05) is 0 Å². The summed E-state index contributed by atoms with van der Waals surface area (Å²) in [7, 11) is 0. The van der Waals surface area contributed by atoms with E-state index in [1.165, 1.54) is 18.9 Å². The molecule has 0 heterocycles. The predicted molar refractivity (Wildman–Crippen MR) is 152 cm³/mol. The van der Waals surface area contributed by atoms with Gasteiger partial charge in [0.1, 0.15) is 6.42 Å². The third-order valence-electron chi connectivity index (χ3n) is 12.0. The van der Waals surface area contributed by atoms with Crippen molar-refractivity contribution in [1.82, 2.24) is 0 Å². The van der Waals surface area contributed by atoms with E-state index in [1.54, 1.807) is 6.92 Å². The fraction of sp³-hybridized carbons (Fsp3) is 0.765. The van der Waals surface area contributed by atoms with Gasteiger partial charge in [-0.1, -0.05) is 13.2 Å². The van der Waals surface area contributed by atoms with Gasteiger partial charge in [-0.25, -0.2) is 9.59 Å². The van der Waals surface area contributed by atoms with Crippen molar-refractivity contribution < 1.29 is 38.1 Å². The first kappa shape index (κ1) is 29.4. The van der Waals surface area contributed by atoms with Crippen molar-refractivity contribution in [3.63, 3.8) is 0 Å². The normalized spacial score (nSPS) is 40.3. The van der Waals surface area contributed by atoms with Crippen molar-refractivity contribution >= 4 is 23.9 Å². The van der Waals surface area contributed by atoms with Crippen LogP contribution in [0.1, 0.15) is 64.7 Å². The average molecular weight is 583 g/mol. The van der Waals surface area contributed by atoms with Crippen LogP contribution in [0.25, 0.3) is 0 Å². The molecule has 0 radical (unpaired) electrons. The van der Waals surface area contributed by atoms with Crippen molar-refractivity contribution in [1.29, 1.82) is 0 Å². The Morgan fingerprint density at radius 3 is 1.62 bits per heavy atom. The number of rotatable bonds is 12. The second-order valence-electron chi connectivity index (χ2n) is 14.4. The Bertz CT molecular complexity index is 1110. The monoisotopic (exact) mass is 582 g/mol. The molecule has 6 aliphatic carbocycles. The van der Waals surface area contributed by atoms with E-state index in [2.05, 4.69) is 13.2 Å². The van der Waals surface area contributed by atoms with Crippen LogP contribution >= 0.6 is 0 Å². The molecule has 0 saturated heterocycles. The molecule has 4 bridgehead atoms. The first-order valence-electron chi connectivity index (χ1n) is 16.1. The Balaban J connectivity index is 0.877. The highest BCUT2D eigenvalue weighted by Gasteiger charge is 2.57. The van der Waals surface area contributed by atoms with Crippen LogP contribution in [0.5, 0.6) is 0 Å². The van der Waals surface area contributed by atoms with Crippen molar-refractivity contribution in [2.75, 3.05) is 26.4 Å². The van der Waals surface area contributed by atoms with Gasteiger partial charge in [0, 0.05) is 11.6 Å². The lowest BCUT2D eigenvalue weighted by atomic mass is 9.76. The van der Waals surface area contributed by atoms with Gasteiger partial charge in [0.15, 0.2) is 0 Å². The molecule has 10 unspecified atom stereocenters. The molecule has 0 aromatic rings. The number of hydrogen-bond acceptors (Lipinski definition) is 8. The van der Waals surface area contributed by atoms with Gasteiger partial charge in [-0.05, 0) is 129 Å². The highest BCUT2D eigenvalue weighted by molar-refractivity contribution is 5.91. The third kappa shape index (κ3) is 5.92. The molecule has 230 valence electrons. The van der Waals surface area contributed by atoms with Crippen molar-refractivity contribution in [2.24, 2.45) is 71.0 Å². The summed E-state index contributed by atoms with van der Waals surface area (Å²) < 4.78 is 21.9. The van der Waals surface area contributed by atoms with Crippen LogP contribution in [0, 0.1) is 71.0 Å². The maximum Gasteiger partial charge on any atom is 0.333 e. The van der Waals surface area contributed by atoms with Crippen LogP contribution in [-0.2, 0) is 38.1 Å². The molecule has 0 aromatic carbocycles. The predicted octanol–water partition coefficient (Wildman–Crippen LogP) is 4.91. The Hall–Kier alpha value is -2.64. The van der Waals surface area contributed by atoms with Crippen LogP contribution in [0.3, 0.4) is 0 Å². The van der Waals surface area contributed by atoms with E-state index in [9.17, 15) is 19.2 Å². The first-order chi connectivity index (χ1) is 20.2. The SMILES string of the molecule is C=CC(=O)OCC1CC2C3CC(CC3COC(=O)CC(=O)OCC3CC4C5CC(CC5COC(=O)C(=C)C)[C@H]4C3)[C@H]2C1. The molecule has 0 aliphatic heterocycles. The van der Waals surface area contributed by atoms with Crippen molar-refractivity contribution in [2.45, 2.75) is 64.7 Å². The summed E-state index contributed by atoms with van der Waals surface area (Å²) in [6, 6.07) is 0. The van der Waals surface area contributed by atoms with Crippen molar-refractivity contribution in [3.8, 4) is 0 Å².